The van der Waals surface area contributed by atoms with Gasteiger partial charge in [0, 0.05) is 25.4 Å². The summed E-state index contributed by atoms with van der Waals surface area (Å²) in [5, 5.41) is 1.04. The van der Waals surface area contributed by atoms with Crippen molar-refractivity contribution in [3.05, 3.63) is 50.7 Å². The van der Waals surface area contributed by atoms with Crippen molar-refractivity contribution < 1.29 is 4.90 Å². The number of aromatic nitrogens is 4. The van der Waals surface area contributed by atoms with Crippen LogP contribution in [0.3, 0.4) is 0 Å². The van der Waals surface area contributed by atoms with E-state index in [2.05, 4.69) is 18.8 Å². The first-order chi connectivity index (χ1) is 13.9. The van der Waals surface area contributed by atoms with Crippen LogP contribution in [0.5, 0.6) is 0 Å². The minimum Gasteiger partial charge on any atom is -0.335 e. The third-order valence-corrected chi connectivity index (χ3v) is 6.32. The Morgan fingerprint density at radius 1 is 1.03 bits per heavy atom. The number of nitrogens with zero attached hydrogens (tertiary/aromatic N) is 4. The average molecular weight is 415 g/mol. The monoisotopic (exact) mass is 414 g/mol. The number of hydrogen-bond donors (Lipinski definition) is 1. The SMILES string of the molecule is CC[NH+](CC)CCSc1nc(-c2ccccc2C)nc2c1c(=O)n(C)c(=O)n2C. The first-order valence-electron chi connectivity index (χ1n) is 9.89. The molecule has 0 radical (unpaired) electrons. The number of fused-ring (bicyclic) bond motifs is 1. The number of thioether (sulfide) groups is 1. The zero-order chi connectivity index (χ0) is 21.1. The van der Waals surface area contributed by atoms with Gasteiger partial charge in [-0.05, 0) is 26.3 Å². The van der Waals surface area contributed by atoms with Gasteiger partial charge in [0.15, 0.2) is 11.5 Å². The highest BCUT2D eigenvalue weighted by Gasteiger charge is 2.19. The summed E-state index contributed by atoms with van der Waals surface area (Å²) in [6.45, 7) is 9.45. The fourth-order valence-electron chi connectivity index (χ4n) is 3.37. The molecule has 0 aliphatic carbocycles. The molecule has 154 valence electrons. The van der Waals surface area contributed by atoms with Gasteiger partial charge in [-0.3, -0.25) is 13.9 Å². The lowest BCUT2D eigenvalue weighted by Crippen LogP contribution is -3.11. The van der Waals surface area contributed by atoms with Gasteiger partial charge in [0.05, 0.1) is 19.6 Å². The van der Waals surface area contributed by atoms with Crippen LogP contribution in [-0.4, -0.2) is 44.5 Å². The number of quaternary nitrogens is 1. The van der Waals surface area contributed by atoms with Crippen molar-refractivity contribution in [1.29, 1.82) is 0 Å². The van der Waals surface area contributed by atoms with Gasteiger partial charge >= 0.3 is 5.69 Å². The van der Waals surface area contributed by atoms with Crippen molar-refractivity contribution in [2.75, 3.05) is 25.4 Å². The lowest BCUT2D eigenvalue weighted by Gasteiger charge is -2.16. The van der Waals surface area contributed by atoms with Crippen LogP contribution in [0.25, 0.3) is 22.4 Å². The summed E-state index contributed by atoms with van der Waals surface area (Å²) in [7, 11) is 3.14. The fourth-order valence-corrected chi connectivity index (χ4v) is 4.43. The number of aryl methyl sites for hydroxylation is 2. The van der Waals surface area contributed by atoms with Gasteiger partial charge < -0.3 is 4.90 Å². The largest absolute Gasteiger partial charge is 0.335 e. The Morgan fingerprint density at radius 3 is 2.38 bits per heavy atom. The molecule has 0 saturated heterocycles. The molecule has 7 nitrogen and oxygen atoms in total. The Hall–Kier alpha value is -2.45. The summed E-state index contributed by atoms with van der Waals surface area (Å²) in [5.74, 6) is 1.37. The van der Waals surface area contributed by atoms with E-state index in [1.165, 1.54) is 16.5 Å². The smallest absolute Gasteiger partial charge is 0.332 e. The maximum absolute atomic E-state index is 12.9. The predicted molar refractivity (Wildman–Crippen MR) is 118 cm³/mol. The molecule has 1 N–H and O–H groups in total. The molecule has 0 amide bonds. The number of nitrogens with one attached hydrogen (secondary N) is 1. The van der Waals surface area contributed by atoms with Crippen LogP contribution in [0.15, 0.2) is 38.9 Å². The quantitative estimate of drug-likeness (QED) is 0.462. The topological polar surface area (TPSA) is 74.2 Å². The van der Waals surface area contributed by atoms with E-state index in [-0.39, 0.29) is 11.2 Å². The van der Waals surface area contributed by atoms with Gasteiger partial charge in [-0.1, -0.05) is 36.0 Å². The zero-order valence-corrected chi connectivity index (χ0v) is 18.5. The lowest BCUT2D eigenvalue weighted by molar-refractivity contribution is -0.893. The molecule has 0 atom stereocenters. The van der Waals surface area contributed by atoms with E-state index in [0.717, 1.165) is 41.1 Å². The van der Waals surface area contributed by atoms with Crippen LogP contribution < -0.4 is 16.1 Å². The average Bonchev–Trinajstić information content (AvgIpc) is 2.73. The minimum atomic E-state index is -0.388. The van der Waals surface area contributed by atoms with Crippen molar-refractivity contribution in [2.24, 2.45) is 14.1 Å². The van der Waals surface area contributed by atoms with E-state index in [4.69, 9.17) is 4.98 Å². The molecule has 8 heteroatoms. The maximum Gasteiger partial charge on any atom is 0.332 e. The van der Waals surface area contributed by atoms with Crippen molar-refractivity contribution in [1.82, 2.24) is 19.1 Å². The Kier molecular flexibility index (Phi) is 6.54. The molecule has 0 unspecified atom stereocenters. The Morgan fingerprint density at radius 2 is 1.72 bits per heavy atom. The van der Waals surface area contributed by atoms with Gasteiger partial charge in [0.1, 0.15) is 10.4 Å². The molecular formula is C21H28N5O2S+. The molecule has 0 aliphatic heterocycles. The molecule has 0 bridgehead atoms. The number of benzene rings is 1. The summed E-state index contributed by atoms with van der Waals surface area (Å²) in [6.07, 6.45) is 0. The predicted octanol–water partition coefficient (Wildman–Crippen LogP) is 1.02. The summed E-state index contributed by atoms with van der Waals surface area (Å²) >= 11 is 1.56. The van der Waals surface area contributed by atoms with Crippen LogP contribution in [0.4, 0.5) is 0 Å². The van der Waals surface area contributed by atoms with Crippen molar-refractivity contribution in [3.63, 3.8) is 0 Å². The molecule has 2 heterocycles. The summed E-state index contributed by atoms with van der Waals surface area (Å²) in [6, 6.07) is 7.87. The number of hydrogen-bond acceptors (Lipinski definition) is 5. The van der Waals surface area contributed by atoms with E-state index in [1.807, 2.05) is 31.2 Å². The second-order valence-electron chi connectivity index (χ2n) is 7.13. The molecule has 1 aromatic carbocycles. The second kappa shape index (κ2) is 8.92. The highest BCUT2D eigenvalue weighted by molar-refractivity contribution is 7.99. The van der Waals surface area contributed by atoms with E-state index in [0.29, 0.717) is 21.9 Å². The molecule has 3 aromatic rings. The van der Waals surface area contributed by atoms with Crippen LogP contribution >= 0.6 is 11.8 Å². The lowest BCUT2D eigenvalue weighted by atomic mass is 10.1. The minimum absolute atomic E-state index is 0.350. The van der Waals surface area contributed by atoms with Gasteiger partial charge in [0.25, 0.3) is 5.56 Å². The molecule has 3 rings (SSSR count). The normalized spacial score (nSPS) is 11.5. The first kappa shape index (κ1) is 21.3. The highest BCUT2D eigenvalue weighted by Crippen LogP contribution is 2.27. The van der Waals surface area contributed by atoms with Crippen molar-refractivity contribution >= 4 is 22.8 Å². The Labute approximate surface area is 174 Å². The molecule has 0 aliphatic rings. The third kappa shape index (κ3) is 4.13. The summed E-state index contributed by atoms with van der Waals surface area (Å²) in [5.41, 5.74) is 1.59. The van der Waals surface area contributed by atoms with E-state index >= 15 is 0 Å². The van der Waals surface area contributed by atoms with Gasteiger partial charge in [-0.2, -0.15) is 0 Å². The third-order valence-electron chi connectivity index (χ3n) is 5.35. The Bertz CT molecular complexity index is 1150. The first-order valence-corrected chi connectivity index (χ1v) is 10.9. The molecule has 0 fully saturated rings. The Balaban J connectivity index is 2.19. The van der Waals surface area contributed by atoms with E-state index in [1.54, 1.807) is 18.8 Å². The van der Waals surface area contributed by atoms with Crippen LogP contribution in [0.1, 0.15) is 19.4 Å². The second-order valence-corrected chi connectivity index (χ2v) is 8.21. The summed E-state index contributed by atoms with van der Waals surface area (Å²) < 4.78 is 2.55. The van der Waals surface area contributed by atoms with Crippen molar-refractivity contribution in [2.45, 2.75) is 25.8 Å². The molecule has 29 heavy (non-hydrogen) atoms. The fraction of sp³-hybridized carbons (Fsp3) is 0.429. The van der Waals surface area contributed by atoms with Crippen LogP contribution in [0.2, 0.25) is 0 Å². The van der Waals surface area contributed by atoms with E-state index in [9.17, 15) is 9.59 Å². The van der Waals surface area contributed by atoms with E-state index < -0.39 is 0 Å². The number of rotatable bonds is 7. The van der Waals surface area contributed by atoms with Crippen LogP contribution in [-0.2, 0) is 14.1 Å². The molecular weight excluding hydrogens is 386 g/mol. The van der Waals surface area contributed by atoms with Crippen molar-refractivity contribution in [3.8, 4) is 11.4 Å². The maximum atomic E-state index is 12.9. The molecule has 0 saturated carbocycles. The molecule has 2 aromatic heterocycles. The molecule has 0 spiro atoms. The van der Waals surface area contributed by atoms with Crippen LogP contribution in [0, 0.1) is 6.92 Å². The highest BCUT2D eigenvalue weighted by atomic mass is 32.2. The van der Waals surface area contributed by atoms with Gasteiger partial charge in [-0.25, -0.2) is 14.8 Å². The van der Waals surface area contributed by atoms with Gasteiger partial charge in [-0.15, -0.1) is 0 Å². The summed E-state index contributed by atoms with van der Waals surface area (Å²) in [4.78, 5) is 36.3. The zero-order valence-electron chi connectivity index (χ0n) is 17.7. The van der Waals surface area contributed by atoms with Gasteiger partial charge in [0.2, 0.25) is 0 Å². The standard InChI is InChI=1S/C21H27N5O2S/c1-6-26(7-2)12-13-29-19-16-18(24(4)21(28)25(5)20(16)27)22-17(23-19)15-11-9-8-10-14(15)3/h8-11H,6-7,12-13H2,1-5H3/p+1.